The number of ether oxygens (including phenoxy) is 1. The summed E-state index contributed by atoms with van der Waals surface area (Å²) in [5.74, 6) is 1.76. The fourth-order valence-electron chi connectivity index (χ4n) is 3.44. The summed E-state index contributed by atoms with van der Waals surface area (Å²) in [7, 11) is 0. The standard InChI is InChI=1S/C19H23N5O/c1-2-8-23-9-6-16-15(14-23)19(24-10-12-25-13-11-24)22-18(21-16)17-5-3-4-7-20-17/h2-5,7H,1,6,8-14H2. The molecule has 1 saturated heterocycles. The Morgan fingerprint density at radius 3 is 2.80 bits per heavy atom. The minimum Gasteiger partial charge on any atom is -0.378 e. The van der Waals surface area contributed by atoms with Gasteiger partial charge in [-0.1, -0.05) is 12.1 Å². The van der Waals surface area contributed by atoms with E-state index in [1.807, 2.05) is 24.3 Å². The van der Waals surface area contributed by atoms with Crippen molar-refractivity contribution in [2.45, 2.75) is 13.0 Å². The van der Waals surface area contributed by atoms with E-state index in [0.717, 1.165) is 75.4 Å². The molecule has 0 amide bonds. The quantitative estimate of drug-likeness (QED) is 0.795. The topological polar surface area (TPSA) is 54.4 Å². The van der Waals surface area contributed by atoms with Crippen LogP contribution < -0.4 is 4.90 Å². The van der Waals surface area contributed by atoms with Crippen LogP contribution in [-0.4, -0.2) is 59.2 Å². The molecule has 0 bridgehead atoms. The maximum absolute atomic E-state index is 5.52. The van der Waals surface area contributed by atoms with E-state index in [4.69, 9.17) is 14.7 Å². The summed E-state index contributed by atoms with van der Waals surface area (Å²) in [6, 6.07) is 5.86. The highest BCUT2D eigenvalue weighted by molar-refractivity contribution is 5.58. The van der Waals surface area contributed by atoms with E-state index in [9.17, 15) is 0 Å². The van der Waals surface area contributed by atoms with Gasteiger partial charge in [0.25, 0.3) is 0 Å². The van der Waals surface area contributed by atoms with E-state index < -0.39 is 0 Å². The summed E-state index contributed by atoms with van der Waals surface area (Å²) in [6.07, 6.45) is 4.68. The number of aromatic nitrogens is 3. The molecule has 0 aliphatic carbocycles. The SMILES string of the molecule is C=CCN1CCc2nc(-c3ccccn3)nc(N3CCOCC3)c2C1. The molecule has 2 aliphatic rings. The lowest BCUT2D eigenvalue weighted by atomic mass is 10.0. The molecule has 25 heavy (non-hydrogen) atoms. The minimum absolute atomic E-state index is 0.720. The van der Waals surface area contributed by atoms with Crippen LogP contribution in [0.2, 0.25) is 0 Å². The molecule has 0 saturated carbocycles. The molecule has 2 aliphatic heterocycles. The van der Waals surface area contributed by atoms with Crippen molar-refractivity contribution < 1.29 is 4.74 Å². The molecule has 4 heterocycles. The van der Waals surface area contributed by atoms with Crippen molar-refractivity contribution in [3.8, 4) is 11.5 Å². The van der Waals surface area contributed by atoms with Crippen LogP contribution in [0.5, 0.6) is 0 Å². The number of anilines is 1. The molecule has 0 spiro atoms. The van der Waals surface area contributed by atoms with Crippen molar-refractivity contribution in [2.75, 3.05) is 44.3 Å². The molecule has 2 aromatic heterocycles. The monoisotopic (exact) mass is 337 g/mol. The summed E-state index contributed by atoms with van der Waals surface area (Å²) in [4.78, 5) is 18.9. The van der Waals surface area contributed by atoms with Gasteiger partial charge in [-0.3, -0.25) is 9.88 Å². The minimum atomic E-state index is 0.720. The van der Waals surface area contributed by atoms with Gasteiger partial charge in [0.1, 0.15) is 11.5 Å². The Morgan fingerprint density at radius 2 is 2.04 bits per heavy atom. The van der Waals surface area contributed by atoms with Crippen molar-refractivity contribution in [3.05, 3.63) is 48.3 Å². The van der Waals surface area contributed by atoms with Gasteiger partial charge in [-0.05, 0) is 12.1 Å². The summed E-state index contributed by atoms with van der Waals surface area (Å²) in [5, 5.41) is 0. The van der Waals surface area contributed by atoms with E-state index in [-0.39, 0.29) is 0 Å². The van der Waals surface area contributed by atoms with Crippen LogP contribution in [0.15, 0.2) is 37.1 Å². The molecule has 130 valence electrons. The van der Waals surface area contributed by atoms with Gasteiger partial charge in [0.05, 0.1) is 18.9 Å². The lowest BCUT2D eigenvalue weighted by molar-refractivity contribution is 0.122. The summed E-state index contributed by atoms with van der Waals surface area (Å²) in [5.41, 5.74) is 3.22. The van der Waals surface area contributed by atoms with E-state index in [2.05, 4.69) is 21.4 Å². The van der Waals surface area contributed by atoms with Gasteiger partial charge in [-0.15, -0.1) is 6.58 Å². The Morgan fingerprint density at radius 1 is 1.16 bits per heavy atom. The maximum Gasteiger partial charge on any atom is 0.180 e. The lowest BCUT2D eigenvalue weighted by Gasteiger charge is -2.34. The fourth-order valence-corrected chi connectivity index (χ4v) is 3.44. The zero-order chi connectivity index (χ0) is 17.1. The number of rotatable bonds is 4. The fraction of sp³-hybridized carbons (Fsp3) is 0.421. The Kier molecular flexibility index (Phi) is 4.72. The van der Waals surface area contributed by atoms with Gasteiger partial charge >= 0.3 is 0 Å². The van der Waals surface area contributed by atoms with Crippen molar-refractivity contribution >= 4 is 5.82 Å². The average molecular weight is 337 g/mol. The first kappa shape index (κ1) is 16.2. The normalized spacial score (nSPS) is 18.0. The zero-order valence-electron chi connectivity index (χ0n) is 14.4. The first-order valence-electron chi connectivity index (χ1n) is 8.82. The number of morpholine rings is 1. The van der Waals surface area contributed by atoms with Gasteiger partial charge in [0, 0.05) is 50.9 Å². The van der Waals surface area contributed by atoms with Crippen molar-refractivity contribution in [2.24, 2.45) is 0 Å². The van der Waals surface area contributed by atoms with Crippen molar-refractivity contribution in [1.29, 1.82) is 0 Å². The molecule has 2 aromatic rings. The predicted octanol–water partition coefficient (Wildman–Crippen LogP) is 1.92. The zero-order valence-corrected chi connectivity index (χ0v) is 14.4. The Hall–Kier alpha value is -2.31. The van der Waals surface area contributed by atoms with Gasteiger partial charge in [-0.2, -0.15) is 0 Å². The molecule has 0 atom stereocenters. The summed E-state index contributed by atoms with van der Waals surface area (Å²) >= 11 is 0. The molecule has 6 heteroatoms. The Bertz CT molecular complexity index is 743. The number of hydrogen-bond acceptors (Lipinski definition) is 6. The highest BCUT2D eigenvalue weighted by Gasteiger charge is 2.26. The summed E-state index contributed by atoms with van der Waals surface area (Å²) in [6.45, 7) is 9.86. The van der Waals surface area contributed by atoms with Crippen LogP contribution in [0.1, 0.15) is 11.3 Å². The van der Waals surface area contributed by atoms with E-state index in [1.165, 1.54) is 5.56 Å². The van der Waals surface area contributed by atoms with Gasteiger partial charge in [-0.25, -0.2) is 9.97 Å². The molecule has 0 N–H and O–H groups in total. The number of pyridine rings is 1. The van der Waals surface area contributed by atoms with Crippen LogP contribution in [0.4, 0.5) is 5.82 Å². The van der Waals surface area contributed by atoms with E-state index >= 15 is 0 Å². The highest BCUT2D eigenvalue weighted by Crippen LogP contribution is 2.29. The van der Waals surface area contributed by atoms with Crippen LogP contribution in [0.25, 0.3) is 11.5 Å². The Labute approximate surface area is 148 Å². The van der Waals surface area contributed by atoms with E-state index in [1.54, 1.807) is 6.20 Å². The predicted molar refractivity (Wildman–Crippen MR) is 97.5 cm³/mol. The number of fused-ring (bicyclic) bond motifs is 1. The largest absolute Gasteiger partial charge is 0.378 e. The number of hydrogen-bond donors (Lipinski definition) is 0. The van der Waals surface area contributed by atoms with E-state index in [0.29, 0.717) is 0 Å². The van der Waals surface area contributed by atoms with Gasteiger partial charge < -0.3 is 9.64 Å². The third-order valence-electron chi connectivity index (χ3n) is 4.71. The van der Waals surface area contributed by atoms with Crippen molar-refractivity contribution in [1.82, 2.24) is 19.9 Å². The molecule has 4 rings (SSSR count). The number of nitrogens with zero attached hydrogens (tertiary/aromatic N) is 5. The Balaban J connectivity index is 1.76. The molecular formula is C19H23N5O. The average Bonchev–Trinajstić information content (AvgIpc) is 2.69. The first-order chi connectivity index (χ1) is 12.3. The first-order valence-corrected chi connectivity index (χ1v) is 8.82. The molecule has 0 aromatic carbocycles. The third kappa shape index (κ3) is 3.41. The second-order valence-corrected chi connectivity index (χ2v) is 6.38. The highest BCUT2D eigenvalue weighted by atomic mass is 16.5. The van der Waals surface area contributed by atoms with Crippen LogP contribution >= 0.6 is 0 Å². The molecule has 1 fully saturated rings. The van der Waals surface area contributed by atoms with Crippen LogP contribution in [-0.2, 0) is 17.7 Å². The molecule has 0 radical (unpaired) electrons. The second-order valence-electron chi connectivity index (χ2n) is 6.38. The van der Waals surface area contributed by atoms with Crippen LogP contribution in [0.3, 0.4) is 0 Å². The molecular weight excluding hydrogens is 314 g/mol. The molecule has 0 unspecified atom stereocenters. The van der Waals surface area contributed by atoms with Crippen molar-refractivity contribution in [3.63, 3.8) is 0 Å². The smallest absolute Gasteiger partial charge is 0.180 e. The summed E-state index contributed by atoms with van der Waals surface area (Å²) < 4.78 is 5.52. The maximum atomic E-state index is 5.52. The molecule has 6 nitrogen and oxygen atoms in total. The van der Waals surface area contributed by atoms with Gasteiger partial charge in [0.2, 0.25) is 0 Å². The second kappa shape index (κ2) is 7.29. The van der Waals surface area contributed by atoms with Crippen LogP contribution in [0, 0.1) is 0 Å². The third-order valence-corrected chi connectivity index (χ3v) is 4.71. The van der Waals surface area contributed by atoms with Gasteiger partial charge in [0.15, 0.2) is 5.82 Å². The lowest BCUT2D eigenvalue weighted by Crippen LogP contribution is -2.40.